The Hall–Kier alpha value is -1.00. The fourth-order valence-electron chi connectivity index (χ4n) is 1.80. The molecule has 4 heteroatoms. The molecule has 0 radical (unpaired) electrons. The fourth-order valence-corrected chi connectivity index (χ4v) is 2.02. The van der Waals surface area contributed by atoms with E-state index < -0.39 is 10.4 Å². The first kappa shape index (κ1) is 12.5. The minimum absolute atomic E-state index is 0.206. The van der Waals surface area contributed by atoms with Crippen LogP contribution in [0.4, 0.5) is 8.78 Å². The van der Waals surface area contributed by atoms with Crippen molar-refractivity contribution in [2.24, 2.45) is 0 Å². The summed E-state index contributed by atoms with van der Waals surface area (Å²) in [5.41, 5.74) is -2.05. The largest absolute Gasteiger partial charge is 0.378 e. The molecule has 0 aromatic heterocycles. The molecule has 1 nitrogen and oxygen atoms in total. The quantitative estimate of drug-likeness (QED) is 0.830. The van der Waals surface area contributed by atoms with Gasteiger partial charge in [-0.25, -0.2) is 0 Å². The monoisotopic (exact) mass is 300 g/mol. The van der Waals surface area contributed by atoms with Gasteiger partial charge < -0.3 is 5.11 Å². The van der Waals surface area contributed by atoms with Gasteiger partial charge in [-0.15, -0.1) is 0 Å². The van der Waals surface area contributed by atoms with E-state index in [1.165, 1.54) is 6.07 Å². The zero-order valence-corrected chi connectivity index (χ0v) is 10.7. The molecule has 2 aromatic rings. The Morgan fingerprint density at radius 2 is 1.65 bits per heavy atom. The number of rotatable bonds is 2. The van der Waals surface area contributed by atoms with Crippen molar-refractivity contribution >= 4 is 26.7 Å². The molecule has 0 heterocycles. The third-order valence-electron chi connectivity index (χ3n) is 2.87. The number of hydrogen-bond donors (Lipinski definition) is 1. The zero-order valence-electron chi connectivity index (χ0n) is 9.12. The van der Waals surface area contributed by atoms with Crippen LogP contribution in [0.1, 0.15) is 12.5 Å². The summed E-state index contributed by atoms with van der Waals surface area (Å²) in [4.78, 5) is -3.38. The Morgan fingerprint density at radius 3 is 2.29 bits per heavy atom. The van der Waals surface area contributed by atoms with Gasteiger partial charge in [-0.2, -0.15) is 8.78 Å². The van der Waals surface area contributed by atoms with Gasteiger partial charge in [0, 0.05) is 0 Å². The minimum Gasteiger partial charge on any atom is -0.378 e. The molecule has 0 aliphatic carbocycles. The van der Waals surface area contributed by atoms with Crippen molar-refractivity contribution in [3.8, 4) is 0 Å². The van der Waals surface area contributed by atoms with Gasteiger partial charge in [0.2, 0.25) is 0 Å². The van der Waals surface area contributed by atoms with Gasteiger partial charge in [0.25, 0.3) is 0 Å². The molecule has 0 saturated heterocycles. The summed E-state index contributed by atoms with van der Waals surface area (Å²) in [6.45, 7) is 1.10. The molecule has 0 bridgehead atoms. The second-order valence-corrected chi connectivity index (χ2v) is 5.09. The number of benzene rings is 2. The van der Waals surface area contributed by atoms with Gasteiger partial charge in [0.1, 0.15) is 0 Å². The van der Waals surface area contributed by atoms with Crippen molar-refractivity contribution in [3.63, 3.8) is 0 Å². The minimum atomic E-state index is -3.38. The summed E-state index contributed by atoms with van der Waals surface area (Å²) in [6, 6.07) is 12.1. The van der Waals surface area contributed by atoms with Crippen LogP contribution in [0.25, 0.3) is 10.8 Å². The van der Waals surface area contributed by atoms with E-state index in [4.69, 9.17) is 0 Å². The lowest BCUT2D eigenvalue weighted by molar-refractivity contribution is -0.108. The third-order valence-corrected chi connectivity index (χ3v) is 3.64. The second kappa shape index (κ2) is 4.03. The zero-order chi connectivity index (χ0) is 12.7. The molecule has 90 valence electrons. The lowest BCUT2D eigenvalue weighted by Crippen LogP contribution is -2.38. The molecule has 1 atom stereocenters. The number of hydrogen-bond acceptors (Lipinski definition) is 1. The van der Waals surface area contributed by atoms with Gasteiger partial charge in [-0.05, 0) is 39.2 Å². The highest BCUT2D eigenvalue weighted by molar-refractivity contribution is 9.10. The highest BCUT2D eigenvalue weighted by Gasteiger charge is 2.48. The Balaban J connectivity index is 2.72. The van der Waals surface area contributed by atoms with Crippen LogP contribution in [-0.2, 0) is 5.60 Å². The van der Waals surface area contributed by atoms with Crippen LogP contribution in [0.15, 0.2) is 42.5 Å². The van der Waals surface area contributed by atoms with Crippen LogP contribution in [-0.4, -0.2) is 9.94 Å². The average molecular weight is 301 g/mol. The first-order valence-electron chi connectivity index (χ1n) is 5.11. The summed E-state index contributed by atoms with van der Waals surface area (Å²) in [7, 11) is 0. The van der Waals surface area contributed by atoms with Crippen molar-refractivity contribution in [1.29, 1.82) is 0 Å². The summed E-state index contributed by atoms with van der Waals surface area (Å²) in [6.07, 6.45) is 0. The normalized spacial score (nSPS) is 15.8. The van der Waals surface area contributed by atoms with E-state index >= 15 is 0 Å². The van der Waals surface area contributed by atoms with Gasteiger partial charge in [-0.1, -0.05) is 42.5 Å². The van der Waals surface area contributed by atoms with Crippen LogP contribution in [0.3, 0.4) is 0 Å². The van der Waals surface area contributed by atoms with Crippen molar-refractivity contribution in [1.82, 2.24) is 0 Å². The van der Waals surface area contributed by atoms with E-state index in [-0.39, 0.29) is 5.56 Å². The molecule has 0 aliphatic heterocycles. The summed E-state index contributed by atoms with van der Waals surface area (Å²) < 4.78 is 26.8. The van der Waals surface area contributed by atoms with E-state index in [1.54, 1.807) is 18.2 Å². The molecule has 1 N–H and O–H groups in total. The Bertz CT molecular complexity index is 541. The molecular formula is C13H11BrF2O. The molecule has 0 fully saturated rings. The Kier molecular flexibility index (Phi) is 2.96. The summed E-state index contributed by atoms with van der Waals surface area (Å²) in [5.74, 6) is 0. The average Bonchev–Trinajstić information content (AvgIpc) is 2.26. The highest BCUT2D eigenvalue weighted by Crippen LogP contribution is 2.44. The lowest BCUT2D eigenvalue weighted by Gasteiger charge is -2.29. The van der Waals surface area contributed by atoms with Crippen LogP contribution in [0.2, 0.25) is 0 Å². The van der Waals surface area contributed by atoms with Crippen LogP contribution in [0, 0.1) is 0 Å². The maximum absolute atomic E-state index is 13.4. The molecule has 2 aromatic carbocycles. The van der Waals surface area contributed by atoms with Crippen molar-refractivity contribution in [2.45, 2.75) is 17.4 Å². The highest BCUT2D eigenvalue weighted by atomic mass is 79.9. The van der Waals surface area contributed by atoms with E-state index in [0.717, 1.165) is 12.3 Å². The van der Waals surface area contributed by atoms with E-state index in [0.29, 0.717) is 5.39 Å². The van der Waals surface area contributed by atoms with Gasteiger partial charge >= 0.3 is 4.83 Å². The predicted octanol–water partition coefficient (Wildman–Crippen LogP) is 4.04. The van der Waals surface area contributed by atoms with Crippen molar-refractivity contribution < 1.29 is 13.9 Å². The van der Waals surface area contributed by atoms with Crippen molar-refractivity contribution in [2.75, 3.05) is 0 Å². The summed E-state index contributed by atoms with van der Waals surface area (Å²) in [5, 5.41) is 11.5. The second-order valence-electron chi connectivity index (χ2n) is 4.10. The van der Waals surface area contributed by atoms with Crippen LogP contribution >= 0.6 is 15.9 Å². The van der Waals surface area contributed by atoms with Gasteiger partial charge in [0.15, 0.2) is 5.60 Å². The number of halogens is 3. The number of alkyl halides is 3. The fraction of sp³-hybridized carbons (Fsp3) is 0.231. The number of fused-ring (bicyclic) bond motifs is 1. The smallest absolute Gasteiger partial charge is 0.333 e. The standard InChI is InChI=1S/C13H11BrF2O/c1-12(17,13(14,15)16)11-8-4-6-9-5-2-3-7-10(9)11/h2-8,17H,1H3. The Morgan fingerprint density at radius 1 is 1.06 bits per heavy atom. The maximum atomic E-state index is 13.4. The molecule has 0 amide bonds. The maximum Gasteiger partial charge on any atom is 0.333 e. The third kappa shape index (κ3) is 2.07. The van der Waals surface area contributed by atoms with E-state index in [9.17, 15) is 13.9 Å². The molecule has 1 unspecified atom stereocenters. The van der Waals surface area contributed by atoms with E-state index in [1.807, 2.05) is 18.2 Å². The van der Waals surface area contributed by atoms with Gasteiger partial charge in [-0.3, -0.25) is 0 Å². The first-order valence-corrected chi connectivity index (χ1v) is 5.90. The lowest BCUT2D eigenvalue weighted by atomic mass is 9.91. The van der Waals surface area contributed by atoms with E-state index in [2.05, 4.69) is 15.9 Å². The first-order chi connectivity index (χ1) is 7.84. The van der Waals surface area contributed by atoms with Crippen molar-refractivity contribution in [3.05, 3.63) is 48.0 Å². The molecular weight excluding hydrogens is 290 g/mol. The molecule has 17 heavy (non-hydrogen) atoms. The SMILES string of the molecule is CC(O)(c1cccc2ccccc12)C(F)(F)Br. The van der Waals surface area contributed by atoms with Gasteiger partial charge in [0.05, 0.1) is 0 Å². The number of aliphatic hydroxyl groups is 1. The Labute approximate surface area is 106 Å². The molecule has 0 saturated carbocycles. The summed E-state index contributed by atoms with van der Waals surface area (Å²) >= 11 is 2.24. The molecule has 0 aliphatic rings. The predicted molar refractivity (Wildman–Crippen MR) is 67.4 cm³/mol. The topological polar surface area (TPSA) is 20.2 Å². The van der Waals surface area contributed by atoms with Crippen LogP contribution < -0.4 is 0 Å². The molecule has 2 rings (SSSR count). The molecule has 0 spiro atoms. The van der Waals surface area contributed by atoms with Crippen LogP contribution in [0.5, 0.6) is 0 Å².